The van der Waals surface area contributed by atoms with Crippen LogP contribution >= 0.6 is 23.8 Å². The summed E-state index contributed by atoms with van der Waals surface area (Å²) in [5, 5.41) is 12.1. The molecule has 33 heavy (non-hydrogen) atoms. The second-order valence-corrected chi connectivity index (χ2v) is 8.22. The van der Waals surface area contributed by atoms with Gasteiger partial charge in [-0.05, 0) is 74.1 Å². The molecule has 0 atom stereocenters. The molecule has 2 amide bonds. The number of aromatic nitrogens is 1. The molecule has 0 aliphatic carbocycles. The van der Waals surface area contributed by atoms with Crippen LogP contribution in [0.5, 0.6) is 0 Å². The van der Waals surface area contributed by atoms with Gasteiger partial charge in [0.05, 0.1) is 16.3 Å². The zero-order chi connectivity index (χ0) is 23.9. The number of aromatic carboxylic acids is 1. The Morgan fingerprint density at radius 3 is 2.52 bits per heavy atom. The quantitative estimate of drug-likeness (QED) is 0.331. The van der Waals surface area contributed by atoms with Crippen LogP contribution < -0.4 is 10.2 Å². The molecule has 4 rings (SSSR count). The summed E-state index contributed by atoms with van der Waals surface area (Å²) in [7, 11) is 0. The van der Waals surface area contributed by atoms with Gasteiger partial charge in [0.15, 0.2) is 5.11 Å². The van der Waals surface area contributed by atoms with Gasteiger partial charge in [-0.25, -0.2) is 4.79 Å². The Hall–Kier alpha value is -3.75. The van der Waals surface area contributed by atoms with Gasteiger partial charge in [-0.1, -0.05) is 29.8 Å². The molecular formula is C24H18ClN3O4S. The molecule has 1 aliphatic heterocycles. The maximum Gasteiger partial charge on any atom is 0.335 e. The summed E-state index contributed by atoms with van der Waals surface area (Å²) >= 11 is 11.5. The van der Waals surface area contributed by atoms with E-state index in [4.69, 9.17) is 23.8 Å². The van der Waals surface area contributed by atoms with Crippen molar-refractivity contribution in [2.45, 2.75) is 13.8 Å². The standard InChI is InChI=1S/C24H18ClN3O4S/c1-13-10-16(14(2)27(13)17-7-5-6-15(11-17)23(31)32)12-18-21(29)26-24(33)28(22(18)30)20-9-4-3-8-19(20)25/h3-12H,1-2H3,(H,31,32)(H,26,29,33). The van der Waals surface area contributed by atoms with Crippen LogP contribution in [0.4, 0.5) is 5.69 Å². The summed E-state index contributed by atoms with van der Waals surface area (Å²) in [6.07, 6.45) is 1.50. The lowest BCUT2D eigenvalue weighted by Gasteiger charge is -2.29. The van der Waals surface area contributed by atoms with E-state index < -0.39 is 17.8 Å². The first-order valence-corrected chi connectivity index (χ1v) is 10.7. The van der Waals surface area contributed by atoms with Gasteiger partial charge in [0.1, 0.15) is 5.57 Å². The molecule has 2 N–H and O–H groups in total. The number of thiocarbonyl (C=S) groups is 1. The van der Waals surface area contributed by atoms with Gasteiger partial charge in [0.2, 0.25) is 0 Å². The number of nitrogens with zero attached hydrogens (tertiary/aromatic N) is 2. The Bertz CT molecular complexity index is 1380. The molecule has 1 saturated heterocycles. The molecule has 1 aromatic heterocycles. The second kappa shape index (κ2) is 8.65. The molecular weight excluding hydrogens is 462 g/mol. The van der Waals surface area contributed by atoms with Gasteiger partial charge in [0, 0.05) is 17.1 Å². The topological polar surface area (TPSA) is 91.6 Å². The fourth-order valence-corrected chi connectivity index (χ4v) is 4.27. The lowest BCUT2D eigenvalue weighted by atomic mass is 10.1. The van der Waals surface area contributed by atoms with Gasteiger partial charge in [-0.2, -0.15) is 0 Å². The van der Waals surface area contributed by atoms with Crippen molar-refractivity contribution in [3.63, 3.8) is 0 Å². The Morgan fingerprint density at radius 2 is 1.82 bits per heavy atom. The monoisotopic (exact) mass is 479 g/mol. The van der Waals surface area contributed by atoms with Crippen molar-refractivity contribution in [1.29, 1.82) is 0 Å². The third-order valence-electron chi connectivity index (χ3n) is 5.32. The normalized spacial score (nSPS) is 15.2. The summed E-state index contributed by atoms with van der Waals surface area (Å²) in [5.74, 6) is -2.22. The molecule has 1 fully saturated rings. The summed E-state index contributed by atoms with van der Waals surface area (Å²) in [6, 6.07) is 15.1. The lowest BCUT2D eigenvalue weighted by molar-refractivity contribution is -0.122. The predicted molar refractivity (Wildman–Crippen MR) is 130 cm³/mol. The maximum absolute atomic E-state index is 13.3. The maximum atomic E-state index is 13.3. The van der Waals surface area contributed by atoms with Crippen LogP contribution in [-0.2, 0) is 9.59 Å². The molecule has 0 spiro atoms. The van der Waals surface area contributed by atoms with Gasteiger partial charge in [0.25, 0.3) is 11.8 Å². The molecule has 1 aliphatic rings. The molecule has 0 unspecified atom stereocenters. The number of carbonyl (C=O) groups is 3. The van der Waals surface area contributed by atoms with E-state index in [0.717, 1.165) is 11.4 Å². The van der Waals surface area contributed by atoms with Crippen LogP contribution in [0, 0.1) is 13.8 Å². The van der Waals surface area contributed by atoms with Crippen molar-refractivity contribution in [3.8, 4) is 5.69 Å². The van der Waals surface area contributed by atoms with Gasteiger partial charge in [-0.3, -0.25) is 19.8 Å². The average Bonchev–Trinajstić information content (AvgIpc) is 3.05. The number of amides is 2. The van der Waals surface area contributed by atoms with Gasteiger partial charge >= 0.3 is 5.97 Å². The molecule has 166 valence electrons. The van der Waals surface area contributed by atoms with Crippen LogP contribution in [0.1, 0.15) is 27.3 Å². The Labute approximate surface area is 199 Å². The molecule has 0 saturated carbocycles. The SMILES string of the molecule is Cc1cc(C=C2C(=O)NC(=S)N(c3ccccc3Cl)C2=O)c(C)n1-c1cccc(C(=O)O)c1. The summed E-state index contributed by atoms with van der Waals surface area (Å²) < 4.78 is 1.86. The van der Waals surface area contributed by atoms with E-state index >= 15 is 0 Å². The van der Waals surface area contributed by atoms with Crippen LogP contribution in [0.15, 0.2) is 60.2 Å². The van der Waals surface area contributed by atoms with Crippen LogP contribution in [-0.4, -0.2) is 32.6 Å². The van der Waals surface area contributed by atoms with E-state index in [1.54, 1.807) is 42.5 Å². The minimum atomic E-state index is -1.03. The molecule has 2 aromatic carbocycles. The van der Waals surface area contributed by atoms with Crippen molar-refractivity contribution >= 4 is 58.5 Å². The number of hydrogen-bond donors (Lipinski definition) is 2. The highest BCUT2D eigenvalue weighted by atomic mass is 35.5. The van der Waals surface area contributed by atoms with E-state index in [0.29, 0.717) is 22.0 Å². The summed E-state index contributed by atoms with van der Waals surface area (Å²) in [5.41, 5.74) is 3.28. The Morgan fingerprint density at radius 1 is 1.09 bits per heavy atom. The number of nitrogens with one attached hydrogen (secondary N) is 1. The van der Waals surface area contributed by atoms with Crippen molar-refractivity contribution in [1.82, 2.24) is 9.88 Å². The first-order chi connectivity index (χ1) is 15.7. The van der Waals surface area contributed by atoms with Crippen LogP contribution in [0.3, 0.4) is 0 Å². The highest BCUT2D eigenvalue weighted by Crippen LogP contribution is 2.30. The minimum absolute atomic E-state index is 0.0498. The smallest absolute Gasteiger partial charge is 0.335 e. The molecule has 2 heterocycles. The third-order valence-corrected chi connectivity index (χ3v) is 5.92. The van der Waals surface area contributed by atoms with E-state index in [1.165, 1.54) is 17.0 Å². The average molecular weight is 480 g/mol. The highest BCUT2D eigenvalue weighted by Gasteiger charge is 2.35. The number of carbonyl (C=O) groups excluding carboxylic acids is 2. The first kappa shape index (κ1) is 22.4. The number of para-hydroxylation sites is 1. The summed E-state index contributed by atoms with van der Waals surface area (Å²) in [6.45, 7) is 3.69. The first-order valence-electron chi connectivity index (χ1n) is 9.87. The van der Waals surface area contributed by atoms with Gasteiger partial charge < -0.3 is 9.67 Å². The number of carboxylic acids is 1. The van der Waals surface area contributed by atoms with Crippen molar-refractivity contribution in [2.24, 2.45) is 0 Å². The summed E-state index contributed by atoms with van der Waals surface area (Å²) in [4.78, 5) is 38.5. The fourth-order valence-electron chi connectivity index (χ4n) is 3.77. The molecule has 0 radical (unpaired) electrons. The molecule has 0 bridgehead atoms. The van der Waals surface area contributed by atoms with E-state index in [-0.39, 0.29) is 16.2 Å². The third kappa shape index (κ3) is 4.06. The number of rotatable bonds is 4. The number of anilines is 1. The molecule has 9 heteroatoms. The number of benzene rings is 2. The van der Waals surface area contributed by atoms with E-state index in [1.807, 2.05) is 24.5 Å². The molecule has 7 nitrogen and oxygen atoms in total. The number of hydrogen-bond acceptors (Lipinski definition) is 4. The molecule has 3 aromatic rings. The zero-order valence-corrected chi connectivity index (χ0v) is 19.2. The lowest BCUT2D eigenvalue weighted by Crippen LogP contribution is -2.54. The zero-order valence-electron chi connectivity index (χ0n) is 17.6. The van der Waals surface area contributed by atoms with E-state index in [9.17, 15) is 19.5 Å². The second-order valence-electron chi connectivity index (χ2n) is 7.43. The number of aryl methyl sites for hydroxylation is 1. The number of carboxylic acid groups (broad SMARTS) is 1. The fraction of sp³-hybridized carbons (Fsp3) is 0.0833. The predicted octanol–water partition coefficient (Wildman–Crippen LogP) is 4.28. The van der Waals surface area contributed by atoms with E-state index in [2.05, 4.69) is 5.32 Å². The van der Waals surface area contributed by atoms with Gasteiger partial charge in [-0.15, -0.1) is 0 Å². The van der Waals surface area contributed by atoms with Crippen LogP contribution in [0.25, 0.3) is 11.8 Å². The van der Waals surface area contributed by atoms with Crippen molar-refractivity contribution < 1.29 is 19.5 Å². The van der Waals surface area contributed by atoms with Crippen molar-refractivity contribution in [3.05, 3.63) is 87.7 Å². The van der Waals surface area contributed by atoms with Crippen LogP contribution in [0.2, 0.25) is 5.02 Å². The Kier molecular flexibility index (Phi) is 5.88. The van der Waals surface area contributed by atoms with Crippen molar-refractivity contribution in [2.75, 3.05) is 4.90 Å². The minimum Gasteiger partial charge on any atom is -0.478 e. The Balaban J connectivity index is 1.78. The highest BCUT2D eigenvalue weighted by molar-refractivity contribution is 7.80. The largest absolute Gasteiger partial charge is 0.478 e. The number of halogens is 1.